The molecule has 0 radical (unpaired) electrons. The largest absolute Gasteiger partial charge is 0.477 e. The molecule has 0 saturated carbocycles. The van der Waals surface area contributed by atoms with E-state index >= 15 is 0 Å². The number of nitrogens with zero attached hydrogens (tertiary/aromatic N) is 2. The van der Waals surface area contributed by atoms with Gasteiger partial charge in [0.05, 0.1) is 0 Å². The highest BCUT2D eigenvalue weighted by molar-refractivity contribution is 5.85. The Bertz CT molecular complexity index is 379. The Balaban J connectivity index is 2.55. The van der Waals surface area contributed by atoms with E-state index in [1.54, 1.807) is 0 Å². The van der Waals surface area contributed by atoms with Gasteiger partial charge in [0.1, 0.15) is 0 Å². The van der Waals surface area contributed by atoms with Crippen molar-refractivity contribution in [2.75, 3.05) is 18.5 Å². The van der Waals surface area contributed by atoms with Crippen LogP contribution >= 0.6 is 0 Å². The zero-order chi connectivity index (χ0) is 13.4. The Labute approximate surface area is 106 Å². The fourth-order valence-corrected chi connectivity index (χ4v) is 1.74. The second kappa shape index (κ2) is 7.60. The van der Waals surface area contributed by atoms with Crippen LogP contribution < -0.4 is 5.32 Å². The summed E-state index contributed by atoms with van der Waals surface area (Å²) in [7, 11) is 0. The molecule has 1 rings (SSSR count). The van der Waals surface area contributed by atoms with Crippen LogP contribution in [0, 0.1) is 5.92 Å². The molecule has 0 fully saturated rings. The fourth-order valence-electron chi connectivity index (χ4n) is 1.74. The summed E-state index contributed by atoms with van der Waals surface area (Å²) in [6.45, 7) is 2.88. The molecule has 0 aromatic carbocycles. The van der Waals surface area contributed by atoms with Gasteiger partial charge in [-0.25, -0.2) is 14.8 Å². The van der Waals surface area contributed by atoms with E-state index in [9.17, 15) is 4.79 Å². The molecule has 18 heavy (non-hydrogen) atoms. The van der Waals surface area contributed by atoms with Crippen LogP contribution in [0.15, 0.2) is 12.3 Å². The lowest BCUT2D eigenvalue weighted by Crippen LogP contribution is -2.17. The summed E-state index contributed by atoms with van der Waals surface area (Å²) in [6, 6.07) is 1.35. The Morgan fingerprint density at radius 1 is 1.50 bits per heavy atom. The summed E-state index contributed by atoms with van der Waals surface area (Å²) in [4.78, 5) is 18.6. The van der Waals surface area contributed by atoms with E-state index in [4.69, 9.17) is 10.2 Å². The van der Waals surface area contributed by atoms with Gasteiger partial charge in [0, 0.05) is 19.3 Å². The number of carbonyl (C=O) groups is 1. The van der Waals surface area contributed by atoms with Crippen LogP contribution in [0.2, 0.25) is 0 Å². The third kappa shape index (κ3) is 4.67. The highest BCUT2D eigenvalue weighted by atomic mass is 16.4. The van der Waals surface area contributed by atoms with Crippen LogP contribution in [0.4, 0.5) is 5.95 Å². The van der Waals surface area contributed by atoms with Gasteiger partial charge in [-0.3, -0.25) is 0 Å². The summed E-state index contributed by atoms with van der Waals surface area (Å²) >= 11 is 0. The molecule has 1 aromatic heterocycles. The third-order valence-corrected chi connectivity index (χ3v) is 2.66. The van der Waals surface area contributed by atoms with E-state index in [0.29, 0.717) is 18.4 Å². The number of hydrogen-bond donors (Lipinski definition) is 3. The van der Waals surface area contributed by atoms with E-state index in [0.717, 1.165) is 19.3 Å². The first-order valence-corrected chi connectivity index (χ1v) is 6.08. The van der Waals surface area contributed by atoms with Crippen molar-refractivity contribution in [3.63, 3.8) is 0 Å². The number of aromatic nitrogens is 2. The minimum atomic E-state index is -1.07. The molecule has 100 valence electrons. The molecule has 0 aliphatic rings. The first-order valence-electron chi connectivity index (χ1n) is 6.08. The van der Waals surface area contributed by atoms with E-state index in [1.807, 2.05) is 0 Å². The van der Waals surface area contributed by atoms with Crippen molar-refractivity contribution >= 4 is 11.9 Å². The number of aliphatic hydroxyl groups is 1. The van der Waals surface area contributed by atoms with Crippen LogP contribution in [-0.4, -0.2) is 39.3 Å². The topological polar surface area (TPSA) is 95.3 Å². The maximum absolute atomic E-state index is 10.7. The van der Waals surface area contributed by atoms with Gasteiger partial charge in [0.15, 0.2) is 5.69 Å². The Hall–Kier alpha value is -1.69. The molecule has 6 heteroatoms. The minimum Gasteiger partial charge on any atom is -0.477 e. The normalized spacial score (nSPS) is 12.1. The average Bonchev–Trinajstić information content (AvgIpc) is 2.37. The Morgan fingerprint density at radius 2 is 2.28 bits per heavy atom. The summed E-state index contributed by atoms with van der Waals surface area (Å²) in [5, 5.41) is 20.8. The van der Waals surface area contributed by atoms with Crippen LogP contribution in [-0.2, 0) is 0 Å². The third-order valence-electron chi connectivity index (χ3n) is 2.66. The summed E-state index contributed by atoms with van der Waals surface area (Å²) in [5.74, 6) is -0.410. The van der Waals surface area contributed by atoms with E-state index < -0.39 is 5.97 Å². The minimum absolute atomic E-state index is 0.0262. The number of carboxylic acids is 1. The van der Waals surface area contributed by atoms with Crippen LogP contribution in [0.1, 0.15) is 36.7 Å². The van der Waals surface area contributed by atoms with Crippen molar-refractivity contribution in [2.45, 2.75) is 26.2 Å². The monoisotopic (exact) mass is 253 g/mol. The number of rotatable bonds is 8. The average molecular weight is 253 g/mol. The van der Waals surface area contributed by atoms with Crippen molar-refractivity contribution in [3.8, 4) is 0 Å². The fraction of sp³-hybridized carbons (Fsp3) is 0.583. The molecule has 1 heterocycles. The van der Waals surface area contributed by atoms with E-state index in [2.05, 4.69) is 22.2 Å². The number of nitrogens with one attached hydrogen (secondary N) is 1. The molecule has 1 atom stereocenters. The van der Waals surface area contributed by atoms with Crippen LogP contribution in [0.25, 0.3) is 0 Å². The molecule has 0 amide bonds. The van der Waals surface area contributed by atoms with Crippen LogP contribution in [0.5, 0.6) is 0 Å². The predicted octanol–water partition coefficient (Wildman–Crippen LogP) is 1.39. The molecular weight excluding hydrogens is 234 g/mol. The summed E-state index contributed by atoms with van der Waals surface area (Å²) in [5.41, 5.74) is -0.0262. The highest BCUT2D eigenvalue weighted by Crippen LogP contribution is 2.11. The molecule has 3 N–H and O–H groups in total. The van der Waals surface area contributed by atoms with Gasteiger partial charge in [0.25, 0.3) is 0 Å². The van der Waals surface area contributed by atoms with Crippen molar-refractivity contribution in [2.24, 2.45) is 5.92 Å². The lowest BCUT2D eigenvalue weighted by atomic mass is 10.0. The molecular formula is C12H19N3O3. The molecule has 6 nitrogen and oxygen atoms in total. The molecule has 1 aromatic rings. The molecule has 0 saturated heterocycles. The maximum Gasteiger partial charge on any atom is 0.354 e. The highest BCUT2D eigenvalue weighted by Gasteiger charge is 2.09. The number of carboxylic acid groups (broad SMARTS) is 1. The van der Waals surface area contributed by atoms with Gasteiger partial charge in [-0.1, -0.05) is 13.3 Å². The zero-order valence-electron chi connectivity index (χ0n) is 10.5. The second-order valence-electron chi connectivity index (χ2n) is 4.12. The quantitative estimate of drug-likeness (QED) is 0.648. The second-order valence-corrected chi connectivity index (χ2v) is 4.12. The molecule has 1 unspecified atom stereocenters. The van der Waals surface area contributed by atoms with Crippen molar-refractivity contribution in [1.82, 2.24) is 9.97 Å². The van der Waals surface area contributed by atoms with Gasteiger partial charge in [-0.2, -0.15) is 0 Å². The zero-order valence-corrected chi connectivity index (χ0v) is 10.5. The van der Waals surface area contributed by atoms with Gasteiger partial charge in [-0.15, -0.1) is 0 Å². The number of aliphatic hydroxyl groups excluding tert-OH is 1. The standard InChI is InChI=1S/C12H19N3O3/c1-2-3-9(5-7-16)8-14-12-13-6-4-10(15-12)11(17)18/h4,6,9,16H,2-3,5,7-8H2,1H3,(H,17,18)(H,13,14,15). The van der Waals surface area contributed by atoms with Crippen LogP contribution in [0.3, 0.4) is 0 Å². The molecule has 0 aliphatic carbocycles. The van der Waals surface area contributed by atoms with E-state index in [-0.39, 0.29) is 12.3 Å². The predicted molar refractivity (Wildman–Crippen MR) is 67.6 cm³/mol. The first kappa shape index (κ1) is 14.4. The van der Waals surface area contributed by atoms with E-state index in [1.165, 1.54) is 12.3 Å². The lowest BCUT2D eigenvalue weighted by Gasteiger charge is -2.15. The lowest BCUT2D eigenvalue weighted by molar-refractivity contribution is 0.0690. The molecule has 0 bridgehead atoms. The van der Waals surface area contributed by atoms with Gasteiger partial charge in [-0.05, 0) is 24.8 Å². The smallest absolute Gasteiger partial charge is 0.354 e. The van der Waals surface area contributed by atoms with Gasteiger partial charge in [0.2, 0.25) is 5.95 Å². The van der Waals surface area contributed by atoms with Crippen molar-refractivity contribution in [1.29, 1.82) is 0 Å². The first-order chi connectivity index (χ1) is 8.67. The Kier molecular flexibility index (Phi) is 6.07. The molecule has 0 spiro atoms. The van der Waals surface area contributed by atoms with Gasteiger partial charge < -0.3 is 15.5 Å². The van der Waals surface area contributed by atoms with Gasteiger partial charge >= 0.3 is 5.97 Å². The number of anilines is 1. The van der Waals surface area contributed by atoms with Crippen molar-refractivity contribution in [3.05, 3.63) is 18.0 Å². The van der Waals surface area contributed by atoms with Crippen molar-refractivity contribution < 1.29 is 15.0 Å². The summed E-state index contributed by atoms with van der Waals surface area (Å²) in [6.07, 6.45) is 4.19. The maximum atomic E-state index is 10.7. The summed E-state index contributed by atoms with van der Waals surface area (Å²) < 4.78 is 0. The number of hydrogen-bond acceptors (Lipinski definition) is 5. The Morgan fingerprint density at radius 3 is 2.89 bits per heavy atom. The molecule has 0 aliphatic heterocycles. The SMILES string of the molecule is CCCC(CCO)CNc1nccc(C(=O)O)n1. The number of aromatic carboxylic acids is 1.